The fourth-order valence-electron chi connectivity index (χ4n) is 0.971. The molecule has 0 aliphatic heterocycles. The first-order valence-electron chi connectivity index (χ1n) is 5.00. The third kappa shape index (κ3) is 7.44. The molecule has 0 fully saturated rings. The summed E-state index contributed by atoms with van der Waals surface area (Å²) in [5.74, 6) is 3.90. The molecule has 4 atom stereocenters. The summed E-state index contributed by atoms with van der Waals surface area (Å²) in [6, 6.07) is 0. The van der Waals surface area contributed by atoms with Gasteiger partial charge in [-0.15, -0.1) is 46.4 Å². The molecule has 0 aromatic rings. The first-order valence-corrected chi connectivity index (χ1v) is 8.10. The number of hydrogen-bond donors (Lipinski definition) is 0. The van der Waals surface area contributed by atoms with Gasteiger partial charge in [-0.3, -0.25) is 0 Å². The second-order valence-corrected chi connectivity index (χ2v) is 6.79. The maximum absolute atomic E-state index is 6.01. The quantitative estimate of drug-likeness (QED) is 0.586. The molecule has 0 heterocycles. The van der Waals surface area contributed by atoms with Gasteiger partial charge in [0.05, 0.1) is 0 Å². The molecular formula is C10H18Cl4S. The van der Waals surface area contributed by atoms with Crippen LogP contribution in [0.5, 0.6) is 0 Å². The zero-order valence-electron chi connectivity index (χ0n) is 9.06. The standard InChI is InChI=1S/C10H18Cl4S/c1-7(13)9(3-11)5-15-6-10(4-12)8(2)14/h7-10H,3-6H2,1-2H3. The molecule has 5 heteroatoms. The summed E-state index contributed by atoms with van der Waals surface area (Å²) in [6.07, 6.45) is 0. The van der Waals surface area contributed by atoms with Crippen LogP contribution >= 0.6 is 58.2 Å². The summed E-state index contributed by atoms with van der Waals surface area (Å²) in [5.41, 5.74) is 0. The SMILES string of the molecule is CC(Cl)C(CCl)CSCC(CCl)C(C)Cl. The molecule has 15 heavy (non-hydrogen) atoms. The van der Waals surface area contributed by atoms with Crippen molar-refractivity contribution >= 4 is 58.2 Å². The van der Waals surface area contributed by atoms with E-state index < -0.39 is 0 Å². The second-order valence-electron chi connectivity index (χ2n) is 3.72. The van der Waals surface area contributed by atoms with Gasteiger partial charge in [-0.25, -0.2) is 0 Å². The molecule has 0 saturated heterocycles. The van der Waals surface area contributed by atoms with Gasteiger partial charge in [-0.2, -0.15) is 11.8 Å². The minimum Gasteiger partial charge on any atom is -0.161 e. The predicted molar refractivity (Wildman–Crippen MR) is 76.4 cm³/mol. The van der Waals surface area contributed by atoms with Crippen LogP contribution in [0.25, 0.3) is 0 Å². The van der Waals surface area contributed by atoms with E-state index in [1.165, 1.54) is 0 Å². The van der Waals surface area contributed by atoms with E-state index in [1.54, 1.807) is 0 Å². The molecule has 0 amide bonds. The van der Waals surface area contributed by atoms with Crippen LogP contribution in [0.4, 0.5) is 0 Å². The van der Waals surface area contributed by atoms with Crippen molar-refractivity contribution in [3.63, 3.8) is 0 Å². The maximum Gasteiger partial charge on any atom is 0.0355 e. The van der Waals surface area contributed by atoms with Gasteiger partial charge in [0.2, 0.25) is 0 Å². The highest BCUT2D eigenvalue weighted by Crippen LogP contribution is 2.23. The normalized spacial score (nSPS) is 19.6. The van der Waals surface area contributed by atoms with Gasteiger partial charge in [0.1, 0.15) is 0 Å². The van der Waals surface area contributed by atoms with Gasteiger partial charge in [0.15, 0.2) is 0 Å². The largest absolute Gasteiger partial charge is 0.161 e. The fourth-order valence-corrected chi connectivity index (χ4v) is 4.29. The van der Waals surface area contributed by atoms with Gasteiger partial charge in [-0.05, 0) is 37.2 Å². The Morgan fingerprint density at radius 3 is 1.40 bits per heavy atom. The fraction of sp³-hybridized carbons (Fsp3) is 1.00. The number of rotatable bonds is 8. The summed E-state index contributed by atoms with van der Waals surface area (Å²) in [6.45, 7) is 3.97. The van der Waals surface area contributed by atoms with Crippen LogP contribution in [0.1, 0.15) is 13.8 Å². The summed E-state index contributed by atoms with van der Waals surface area (Å²) < 4.78 is 0. The Morgan fingerprint density at radius 1 is 0.867 bits per heavy atom. The van der Waals surface area contributed by atoms with Gasteiger partial charge in [0, 0.05) is 22.5 Å². The Kier molecular flexibility index (Phi) is 10.5. The van der Waals surface area contributed by atoms with Crippen molar-refractivity contribution in [2.75, 3.05) is 23.3 Å². The highest BCUT2D eigenvalue weighted by atomic mass is 35.5. The van der Waals surface area contributed by atoms with E-state index >= 15 is 0 Å². The van der Waals surface area contributed by atoms with E-state index in [1.807, 2.05) is 25.6 Å². The van der Waals surface area contributed by atoms with Crippen LogP contribution in [-0.4, -0.2) is 34.0 Å². The Hall–Kier alpha value is 1.51. The Morgan fingerprint density at radius 2 is 1.20 bits per heavy atom. The second kappa shape index (κ2) is 9.53. The average molecular weight is 312 g/mol. The lowest BCUT2D eigenvalue weighted by atomic mass is 10.1. The van der Waals surface area contributed by atoms with Crippen molar-refractivity contribution in [2.45, 2.75) is 24.6 Å². The zero-order chi connectivity index (χ0) is 11.8. The van der Waals surface area contributed by atoms with Crippen molar-refractivity contribution in [1.82, 2.24) is 0 Å². The molecule has 0 N–H and O–H groups in total. The monoisotopic (exact) mass is 310 g/mol. The van der Waals surface area contributed by atoms with E-state index in [4.69, 9.17) is 46.4 Å². The van der Waals surface area contributed by atoms with Crippen LogP contribution in [0.15, 0.2) is 0 Å². The molecule has 0 spiro atoms. The average Bonchev–Trinajstić information content (AvgIpc) is 2.17. The van der Waals surface area contributed by atoms with Gasteiger partial charge >= 0.3 is 0 Å². The van der Waals surface area contributed by atoms with E-state index in [2.05, 4.69) is 0 Å². The summed E-state index contributed by atoms with van der Waals surface area (Å²) >= 11 is 25.5. The predicted octanol–water partition coefficient (Wildman–Crippen LogP) is 4.68. The lowest BCUT2D eigenvalue weighted by Gasteiger charge is -2.19. The van der Waals surface area contributed by atoms with Crippen molar-refractivity contribution < 1.29 is 0 Å². The zero-order valence-corrected chi connectivity index (χ0v) is 12.9. The Bertz CT molecular complexity index is 136. The molecule has 0 aromatic carbocycles. The van der Waals surface area contributed by atoms with E-state index in [9.17, 15) is 0 Å². The molecule has 0 bridgehead atoms. The van der Waals surface area contributed by atoms with Crippen molar-refractivity contribution in [1.29, 1.82) is 0 Å². The molecular weight excluding hydrogens is 294 g/mol. The van der Waals surface area contributed by atoms with Crippen molar-refractivity contribution in [3.05, 3.63) is 0 Å². The smallest absolute Gasteiger partial charge is 0.0355 e. The Balaban J connectivity index is 3.75. The van der Waals surface area contributed by atoms with Gasteiger partial charge in [-0.1, -0.05) is 0 Å². The number of halogens is 4. The van der Waals surface area contributed by atoms with Crippen molar-refractivity contribution in [2.24, 2.45) is 11.8 Å². The molecule has 0 saturated carbocycles. The number of hydrogen-bond acceptors (Lipinski definition) is 1. The van der Waals surface area contributed by atoms with Crippen LogP contribution < -0.4 is 0 Å². The van der Waals surface area contributed by atoms with E-state index in [-0.39, 0.29) is 10.8 Å². The minimum atomic E-state index is 0.123. The molecule has 0 aromatic heterocycles. The van der Waals surface area contributed by atoms with Gasteiger partial charge in [0.25, 0.3) is 0 Å². The van der Waals surface area contributed by atoms with Crippen LogP contribution in [-0.2, 0) is 0 Å². The first kappa shape index (κ1) is 16.5. The lowest BCUT2D eigenvalue weighted by Crippen LogP contribution is -2.20. The third-order valence-corrected chi connectivity index (χ3v) is 5.19. The van der Waals surface area contributed by atoms with Crippen LogP contribution in [0.3, 0.4) is 0 Å². The minimum absolute atomic E-state index is 0.123. The first-order chi connectivity index (χ1) is 7.02. The molecule has 0 nitrogen and oxygen atoms in total. The van der Waals surface area contributed by atoms with Crippen molar-refractivity contribution in [3.8, 4) is 0 Å². The summed E-state index contributed by atoms with van der Waals surface area (Å²) in [4.78, 5) is 0. The summed E-state index contributed by atoms with van der Waals surface area (Å²) in [7, 11) is 0. The molecule has 0 radical (unpaired) electrons. The molecule has 0 rings (SSSR count). The topological polar surface area (TPSA) is 0 Å². The lowest BCUT2D eigenvalue weighted by molar-refractivity contribution is 0.637. The molecule has 0 aliphatic rings. The molecule has 0 aliphatic carbocycles. The van der Waals surface area contributed by atoms with E-state index in [0.717, 1.165) is 11.5 Å². The molecule has 92 valence electrons. The van der Waals surface area contributed by atoms with Crippen LogP contribution in [0, 0.1) is 11.8 Å². The highest BCUT2D eigenvalue weighted by molar-refractivity contribution is 7.99. The third-order valence-electron chi connectivity index (χ3n) is 2.36. The van der Waals surface area contributed by atoms with Gasteiger partial charge < -0.3 is 0 Å². The number of alkyl halides is 4. The van der Waals surface area contributed by atoms with E-state index in [0.29, 0.717) is 23.6 Å². The Labute approximate surface area is 117 Å². The summed E-state index contributed by atoms with van der Waals surface area (Å²) in [5, 5.41) is 0.246. The molecule has 4 unspecified atom stereocenters. The maximum atomic E-state index is 6.01. The number of thioether (sulfide) groups is 1. The highest BCUT2D eigenvalue weighted by Gasteiger charge is 2.17. The van der Waals surface area contributed by atoms with Crippen LogP contribution in [0.2, 0.25) is 0 Å².